The van der Waals surface area contributed by atoms with E-state index in [1.807, 2.05) is 42.5 Å². The summed E-state index contributed by atoms with van der Waals surface area (Å²) in [5.41, 5.74) is 0.938. The molecule has 0 bridgehead atoms. The summed E-state index contributed by atoms with van der Waals surface area (Å²) in [6, 6.07) is 21.8. The molecular formula is C21H19NO4. The predicted octanol–water partition coefficient (Wildman–Crippen LogP) is 4.75. The van der Waals surface area contributed by atoms with Crippen LogP contribution in [0.2, 0.25) is 0 Å². The molecule has 0 heterocycles. The van der Waals surface area contributed by atoms with Gasteiger partial charge in [-0.3, -0.25) is 4.79 Å². The lowest BCUT2D eigenvalue weighted by atomic mass is 10.1. The molecule has 0 aliphatic rings. The minimum atomic E-state index is -0.315. The van der Waals surface area contributed by atoms with E-state index in [0.29, 0.717) is 34.2 Å². The molecule has 3 rings (SSSR count). The summed E-state index contributed by atoms with van der Waals surface area (Å²) in [5, 5.41) is 2.87. The number of rotatable bonds is 6. The summed E-state index contributed by atoms with van der Waals surface area (Å²) in [5.74, 6) is 1.80. The number of para-hydroxylation sites is 4. The average Bonchev–Trinajstić information content (AvgIpc) is 2.69. The van der Waals surface area contributed by atoms with Crippen molar-refractivity contribution in [3.05, 3.63) is 78.4 Å². The first kappa shape index (κ1) is 17.4. The highest BCUT2D eigenvalue weighted by Crippen LogP contribution is 2.33. The summed E-state index contributed by atoms with van der Waals surface area (Å²) in [6.45, 7) is 0. The predicted molar refractivity (Wildman–Crippen MR) is 100 cm³/mol. The molecule has 0 aliphatic heterocycles. The van der Waals surface area contributed by atoms with E-state index in [9.17, 15) is 4.79 Å². The first-order valence-corrected chi connectivity index (χ1v) is 8.07. The Balaban J connectivity index is 1.87. The Morgan fingerprint density at radius 3 is 2.19 bits per heavy atom. The quantitative estimate of drug-likeness (QED) is 0.698. The summed E-state index contributed by atoms with van der Waals surface area (Å²) >= 11 is 0. The molecule has 0 spiro atoms. The number of methoxy groups -OCH3 is 2. The molecule has 0 fully saturated rings. The van der Waals surface area contributed by atoms with Crippen LogP contribution in [-0.4, -0.2) is 20.1 Å². The van der Waals surface area contributed by atoms with Crippen LogP contribution in [0.1, 0.15) is 10.4 Å². The molecule has 0 aromatic heterocycles. The third-order valence-corrected chi connectivity index (χ3v) is 3.75. The molecule has 0 saturated heterocycles. The number of carbonyl (C=O) groups excluding carboxylic acids is 1. The molecule has 3 aromatic carbocycles. The first-order valence-electron chi connectivity index (χ1n) is 8.07. The number of hydrogen-bond donors (Lipinski definition) is 1. The fraction of sp³-hybridized carbons (Fsp3) is 0.0952. The zero-order valence-corrected chi connectivity index (χ0v) is 14.6. The molecule has 5 nitrogen and oxygen atoms in total. The maximum atomic E-state index is 12.8. The second-order valence-corrected chi connectivity index (χ2v) is 5.41. The van der Waals surface area contributed by atoms with Crippen molar-refractivity contribution in [2.75, 3.05) is 19.5 Å². The Hall–Kier alpha value is -3.47. The van der Waals surface area contributed by atoms with Crippen molar-refractivity contribution in [1.29, 1.82) is 0 Å². The monoisotopic (exact) mass is 349 g/mol. The van der Waals surface area contributed by atoms with Crippen LogP contribution in [-0.2, 0) is 0 Å². The maximum absolute atomic E-state index is 12.8. The van der Waals surface area contributed by atoms with Crippen LogP contribution in [0.25, 0.3) is 0 Å². The fourth-order valence-corrected chi connectivity index (χ4v) is 2.53. The lowest BCUT2D eigenvalue weighted by molar-refractivity contribution is 0.102. The number of ether oxygens (including phenoxy) is 3. The molecule has 132 valence electrons. The molecule has 5 heteroatoms. The number of hydrogen-bond acceptors (Lipinski definition) is 4. The van der Waals surface area contributed by atoms with Crippen LogP contribution < -0.4 is 19.5 Å². The molecule has 0 atom stereocenters. The number of nitrogens with one attached hydrogen (secondary N) is 1. The van der Waals surface area contributed by atoms with Gasteiger partial charge in [-0.1, -0.05) is 36.4 Å². The van der Waals surface area contributed by atoms with Crippen molar-refractivity contribution in [3.8, 4) is 23.0 Å². The van der Waals surface area contributed by atoms with E-state index in [-0.39, 0.29) is 5.91 Å². The number of anilines is 1. The highest BCUT2D eigenvalue weighted by molar-refractivity contribution is 6.07. The zero-order valence-electron chi connectivity index (χ0n) is 14.6. The summed E-state index contributed by atoms with van der Waals surface area (Å²) in [6.07, 6.45) is 0. The van der Waals surface area contributed by atoms with Gasteiger partial charge in [0.25, 0.3) is 5.91 Å². The Bertz CT molecular complexity index is 894. The van der Waals surface area contributed by atoms with Gasteiger partial charge in [-0.05, 0) is 36.4 Å². The van der Waals surface area contributed by atoms with Crippen LogP contribution in [0, 0.1) is 0 Å². The Kier molecular flexibility index (Phi) is 5.39. The molecule has 0 saturated carbocycles. The van der Waals surface area contributed by atoms with E-state index in [1.54, 1.807) is 30.3 Å². The van der Waals surface area contributed by atoms with Crippen molar-refractivity contribution in [2.24, 2.45) is 0 Å². The van der Waals surface area contributed by atoms with Crippen molar-refractivity contribution in [1.82, 2.24) is 0 Å². The standard InChI is InChI=1S/C21H19NO4/c1-24-19-14-8-11-16(20(19)25-2)21(23)22-17-12-6-7-13-18(17)26-15-9-4-3-5-10-15/h3-14H,1-2H3,(H,22,23). The van der Waals surface area contributed by atoms with E-state index in [1.165, 1.54) is 14.2 Å². The normalized spacial score (nSPS) is 10.1. The van der Waals surface area contributed by atoms with E-state index >= 15 is 0 Å². The van der Waals surface area contributed by atoms with Gasteiger partial charge in [0.2, 0.25) is 0 Å². The van der Waals surface area contributed by atoms with Gasteiger partial charge in [-0.25, -0.2) is 0 Å². The molecular weight excluding hydrogens is 330 g/mol. The highest BCUT2D eigenvalue weighted by atomic mass is 16.5. The van der Waals surface area contributed by atoms with Gasteiger partial charge >= 0.3 is 0 Å². The van der Waals surface area contributed by atoms with E-state index in [2.05, 4.69) is 5.32 Å². The maximum Gasteiger partial charge on any atom is 0.259 e. The average molecular weight is 349 g/mol. The Morgan fingerprint density at radius 2 is 1.46 bits per heavy atom. The van der Waals surface area contributed by atoms with Crippen molar-refractivity contribution in [2.45, 2.75) is 0 Å². The number of carbonyl (C=O) groups is 1. The second-order valence-electron chi connectivity index (χ2n) is 5.41. The zero-order chi connectivity index (χ0) is 18.4. The lowest BCUT2D eigenvalue weighted by Crippen LogP contribution is -2.14. The SMILES string of the molecule is COc1cccc(C(=O)Nc2ccccc2Oc2ccccc2)c1OC. The Morgan fingerprint density at radius 1 is 0.769 bits per heavy atom. The van der Waals surface area contributed by atoms with Gasteiger partial charge in [-0.15, -0.1) is 0 Å². The van der Waals surface area contributed by atoms with Gasteiger partial charge in [0.15, 0.2) is 17.2 Å². The van der Waals surface area contributed by atoms with E-state index in [4.69, 9.17) is 14.2 Å². The molecule has 3 aromatic rings. The van der Waals surface area contributed by atoms with Gasteiger partial charge < -0.3 is 19.5 Å². The van der Waals surface area contributed by atoms with Crippen molar-refractivity contribution in [3.63, 3.8) is 0 Å². The largest absolute Gasteiger partial charge is 0.493 e. The first-order chi connectivity index (χ1) is 12.7. The van der Waals surface area contributed by atoms with Crippen molar-refractivity contribution >= 4 is 11.6 Å². The minimum absolute atomic E-state index is 0.315. The van der Waals surface area contributed by atoms with Crippen molar-refractivity contribution < 1.29 is 19.0 Å². The minimum Gasteiger partial charge on any atom is -0.493 e. The van der Waals surface area contributed by atoms with Gasteiger partial charge in [0.05, 0.1) is 25.5 Å². The fourth-order valence-electron chi connectivity index (χ4n) is 2.53. The van der Waals surface area contributed by atoms with Crippen LogP contribution in [0.5, 0.6) is 23.0 Å². The molecule has 0 radical (unpaired) electrons. The van der Waals surface area contributed by atoms with Crippen LogP contribution in [0.15, 0.2) is 72.8 Å². The third kappa shape index (κ3) is 3.78. The van der Waals surface area contributed by atoms with Crippen LogP contribution in [0.4, 0.5) is 5.69 Å². The van der Waals surface area contributed by atoms with Gasteiger partial charge in [-0.2, -0.15) is 0 Å². The van der Waals surface area contributed by atoms with Crippen LogP contribution in [0.3, 0.4) is 0 Å². The Labute approximate surface area is 152 Å². The molecule has 26 heavy (non-hydrogen) atoms. The van der Waals surface area contributed by atoms with Gasteiger partial charge in [0, 0.05) is 0 Å². The lowest BCUT2D eigenvalue weighted by Gasteiger charge is -2.14. The summed E-state index contributed by atoms with van der Waals surface area (Å²) in [4.78, 5) is 12.8. The summed E-state index contributed by atoms with van der Waals surface area (Å²) in [7, 11) is 3.03. The smallest absolute Gasteiger partial charge is 0.259 e. The second kappa shape index (κ2) is 8.07. The van der Waals surface area contributed by atoms with Gasteiger partial charge in [0.1, 0.15) is 5.75 Å². The van der Waals surface area contributed by atoms with E-state index < -0.39 is 0 Å². The number of benzene rings is 3. The highest BCUT2D eigenvalue weighted by Gasteiger charge is 2.17. The van der Waals surface area contributed by atoms with Crippen LogP contribution >= 0.6 is 0 Å². The van der Waals surface area contributed by atoms with E-state index in [0.717, 1.165) is 0 Å². The molecule has 0 unspecified atom stereocenters. The molecule has 0 aliphatic carbocycles. The number of amides is 1. The molecule has 1 amide bonds. The molecule has 1 N–H and O–H groups in total. The third-order valence-electron chi connectivity index (χ3n) is 3.75. The summed E-state index contributed by atoms with van der Waals surface area (Å²) < 4.78 is 16.5. The topological polar surface area (TPSA) is 56.8 Å².